The van der Waals surface area contributed by atoms with Gasteiger partial charge in [-0.3, -0.25) is 4.79 Å². The van der Waals surface area contributed by atoms with E-state index < -0.39 is 0 Å². The molecular weight excluding hydrogens is 378 g/mol. The van der Waals surface area contributed by atoms with Gasteiger partial charge in [0.1, 0.15) is 16.9 Å². The standard InChI is InChI=1S/C24H19N3O3/c1-13-14(2)26-19-10-15(8-9-18(19)25-13)24(28)27-20-12-22-17(11-23(20)29-3)16-6-4-5-7-21(16)30-22/h4-12H,1-3H3,(H,27,28). The fourth-order valence-electron chi connectivity index (χ4n) is 3.58. The first-order chi connectivity index (χ1) is 14.5. The van der Waals surface area contributed by atoms with Crippen LogP contribution < -0.4 is 10.1 Å². The van der Waals surface area contributed by atoms with Gasteiger partial charge in [0.05, 0.1) is 35.2 Å². The highest BCUT2D eigenvalue weighted by molar-refractivity contribution is 6.10. The van der Waals surface area contributed by atoms with Crippen LogP contribution in [0, 0.1) is 13.8 Å². The van der Waals surface area contributed by atoms with Crippen molar-refractivity contribution < 1.29 is 13.9 Å². The molecule has 0 saturated carbocycles. The van der Waals surface area contributed by atoms with E-state index in [9.17, 15) is 4.79 Å². The molecule has 6 nitrogen and oxygen atoms in total. The van der Waals surface area contributed by atoms with Gasteiger partial charge in [0, 0.05) is 22.4 Å². The second-order valence-corrected chi connectivity index (χ2v) is 7.20. The second kappa shape index (κ2) is 6.84. The lowest BCUT2D eigenvalue weighted by molar-refractivity contribution is 0.102. The Balaban J connectivity index is 1.54. The normalized spacial score (nSPS) is 11.3. The molecule has 30 heavy (non-hydrogen) atoms. The molecule has 1 N–H and O–H groups in total. The number of nitrogens with one attached hydrogen (secondary N) is 1. The molecule has 0 radical (unpaired) electrons. The zero-order valence-electron chi connectivity index (χ0n) is 16.8. The monoisotopic (exact) mass is 397 g/mol. The molecule has 0 spiro atoms. The predicted octanol–water partition coefficient (Wildman–Crippen LogP) is 5.41. The largest absolute Gasteiger partial charge is 0.495 e. The highest BCUT2D eigenvalue weighted by atomic mass is 16.5. The Bertz CT molecular complexity index is 1450. The van der Waals surface area contributed by atoms with Gasteiger partial charge in [-0.1, -0.05) is 18.2 Å². The number of amides is 1. The summed E-state index contributed by atoms with van der Waals surface area (Å²) in [6.07, 6.45) is 0. The van der Waals surface area contributed by atoms with Crippen molar-refractivity contribution in [2.24, 2.45) is 0 Å². The lowest BCUT2D eigenvalue weighted by Gasteiger charge is -2.11. The number of hydrogen-bond donors (Lipinski definition) is 1. The van der Waals surface area contributed by atoms with Crippen molar-refractivity contribution in [1.82, 2.24) is 9.97 Å². The molecule has 0 bridgehead atoms. The van der Waals surface area contributed by atoms with Gasteiger partial charge in [0.2, 0.25) is 0 Å². The van der Waals surface area contributed by atoms with E-state index in [1.54, 1.807) is 25.3 Å². The molecule has 2 heterocycles. The summed E-state index contributed by atoms with van der Waals surface area (Å²) in [5.74, 6) is 0.306. The molecule has 0 atom stereocenters. The maximum Gasteiger partial charge on any atom is 0.255 e. The van der Waals surface area contributed by atoms with Crippen LogP contribution in [0.3, 0.4) is 0 Å². The first kappa shape index (κ1) is 18.1. The number of carbonyl (C=O) groups is 1. The van der Waals surface area contributed by atoms with E-state index in [-0.39, 0.29) is 5.91 Å². The Hall–Kier alpha value is -3.93. The summed E-state index contributed by atoms with van der Waals surface area (Å²) in [7, 11) is 1.58. The zero-order valence-corrected chi connectivity index (χ0v) is 16.8. The quantitative estimate of drug-likeness (QED) is 0.441. The maximum atomic E-state index is 12.9. The molecule has 0 aliphatic carbocycles. The molecule has 1 amide bonds. The average Bonchev–Trinajstić information content (AvgIpc) is 3.11. The Morgan fingerprint density at radius 3 is 2.47 bits per heavy atom. The van der Waals surface area contributed by atoms with Gasteiger partial charge in [0.25, 0.3) is 5.91 Å². The minimum Gasteiger partial charge on any atom is -0.495 e. The minimum atomic E-state index is -0.259. The molecular formula is C24H19N3O3. The van der Waals surface area contributed by atoms with E-state index in [1.807, 2.05) is 50.2 Å². The third-order valence-corrected chi connectivity index (χ3v) is 5.28. The van der Waals surface area contributed by atoms with E-state index in [4.69, 9.17) is 9.15 Å². The molecule has 148 valence electrons. The van der Waals surface area contributed by atoms with Crippen molar-refractivity contribution in [3.05, 3.63) is 71.5 Å². The van der Waals surface area contributed by atoms with Crippen molar-refractivity contribution >= 4 is 44.6 Å². The Kier molecular flexibility index (Phi) is 4.13. The van der Waals surface area contributed by atoms with Crippen LogP contribution in [0.15, 0.2) is 59.0 Å². The van der Waals surface area contributed by atoms with Gasteiger partial charge in [-0.2, -0.15) is 0 Å². The molecule has 3 aromatic carbocycles. The third-order valence-electron chi connectivity index (χ3n) is 5.28. The smallest absolute Gasteiger partial charge is 0.255 e. The van der Waals surface area contributed by atoms with Crippen LogP contribution in [0.4, 0.5) is 5.69 Å². The Morgan fingerprint density at radius 1 is 0.900 bits per heavy atom. The van der Waals surface area contributed by atoms with Crippen LogP contribution in [0.25, 0.3) is 33.0 Å². The maximum absolute atomic E-state index is 12.9. The van der Waals surface area contributed by atoms with E-state index in [0.29, 0.717) is 28.1 Å². The Morgan fingerprint density at radius 2 is 1.67 bits per heavy atom. The number of carbonyl (C=O) groups excluding carboxylic acids is 1. The number of rotatable bonds is 3. The average molecular weight is 397 g/mol. The summed E-state index contributed by atoms with van der Waals surface area (Å²) in [6.45, 7) is 3.82. The molecule has 2 aromatic heterocycles. The number of aryl methyl sites for hydroxylation is 2. The summed E-state index contributed by atoms with van der Waals surface area (Å²) in [5.41, 5.74) is 5.67. The van der Waals surface area contributed by atoms with Gasteiger partial charge in [0.15, 0.2) is 0 Å². The van der Waals surface area contributed by atoms with Crippen LogP contribution in [-0.4, -0.2) is 23.0 Å². The van der Waals surface area contributed by atoms with E-state index in [2.05, 4.69) is 15.3 Å². The molecule has 5 aromatic rings. The van der Waals surface area contributed by atoms with Gasteiger partial charge < -0.3 is 14.5 Å². The molecule has 6 heteroatoms. The number of ether oxygens (including phenoxy) is 1. The van der Waals surface area contributed by atoms with Crippen molar-refractivity contribution in [2.75, 3.05) is 12.4 Å². The van der Waals surface area contributed by atoms with Gasteiger partial charge in [-0.15, -0.1) is 0 Å². The number of furan rings is 1. The number of methoxy groups -OCH3 is 1. The fraction of sp³-hybridized carbons (Fsp3) is 0.125. The van der Waals surface area contributed by atoms with Crippen LogP contribution in [-0.2, 0) is 0 Å². The number of benzene rings is 3. The first-order valence-corrected chi connectivity index (χ1v) is 9.59. The van der Waals surface area contributed by atoms with Crippen molar-refractivity contribution in [1.29, 1.82) is 0 Å². The molecule has 0 fully saturated rings. The molecule has 0 unspecified atom stereocenters. The van der Waals surface area contributed by atoms with E-state index in [0.717, 1.165) is 33.3 Å². The fourth-order valence-corrected chi connectivity index (χ4v) is 3.58. The van der Waals surface area contributed by atoms with Gasteiger partial charge in [-0.25, -0.2) is 9.97 Å². The summed E-state index contributed by atoms with van der Waals surface area (Å²) in [5, 5.41) is 4.87. The number of anilines is 1. The minimum absolute atomic E-state index is 0.259. The number of aromatic nitrogens is 2. The van der Waals surface area contributed by atoms with Gasteiger partial charge in [-0.05, 0) is 44.2 Å². The molecule has 0 aliphatic rings. The van der Waals surface area contributed by atoms with E-state index in [1.165, 1.54) is 0 Å². The van der Waals surface area contributed by atoms with Crippen molar-refractivity contribution in [2.45, 2.75) is 13.8 Å². The SMILES string of the molecule is COc1cc2c(cc1NC(=O)c1ccc3nc(C)c(C)nc3c1)oc1ccccc12. The highest BCUT2D eigenvalue weighted by Crippen LogP contribution is 2.36. The van der Waals surface area contributed by atoms with E-state index >= 15 is 0 Å². The predicted molar refractivity (Wildman–Crippen MR) is 117 cm³/mol. The summed E-state index contributed by atoms with van der Waals surface area (Å²) < 4.78 is 11.5. The topological polar surface area (TPSA) is 77.2 Å². The zero-order chi connectivity index (χ0) is 20.8. The molecule has 5 rings (SSSR count). The number of para-hydroxylation sites is 1. The van der Waals surface area contributed by atoms with Crippen molar-refractivity contribution in [3.8, 4) is 5.75 Å². The number of hydrogen-bond acceptors (Lipinski definition) is 5. The van der Waals surface area contributed by atoms with Gasteiger partial charge >= 0.3 is 0 Å². The third kappa shape index (κ3) is 2.93. The van der Waals surface area contributed by atoms with Crippen LogP contribution in [0.5, 0.6) is 5.75 Å². The Labute approximate surface area is 172 Å². The summed E-state index contributed by atoms with van der Waals surface area (Å²) in [6, 6.07) is 16.8. The number of fused-ring (bicyclic) bond motifs is 4. The molecule has 0 aliphatic heterocycles. The van der Waals surface area contributed by atoms with Crippen LogP contribution in [0.2, 0.25) is 0 Å². The summed E-state index contributed by atoms with van der Waals surface area (Å²) in [4.78, 5) is 22.0. The highest BCUT2D eigenvalue weighted by Gasteiger charge is 2.15. The lowest BCUT2D eigenvalue weighted by atomic mass is 10.1. The molecule has 0 saturated heterocycles. The van der Waals surface area contributed by atoms with Crippen molar-refractivity contribution in [3.63, 3.8) is 0 Å². The summed E-state index contributed by atoms with van der Waals surface area (Å²) >= 11 is 0. The van der Waals surface area contributed by atoms with Crippen LogP contribution >= 0.6 is 0 Å². The second-order valence-electron chi connectivity index (χ2n) is 7.20. The van der Waals surface area contributed by atoms with Crippen LogP contribution in [0.1, 0.15) is 21.7 Å². The first-order valence-electron chi connectivity index (χ1n) is 9.59. The number of nitrogens with zero attached hydrogens (tertiary/aromatic N) is 2. The lowest BCUT2D eigenvalue weighted by Crippen LogP contribution is -2.13.